The van der Waals surface area contributed by atoms with Gasteiger partial charge in [0.25, 0.3) is 5.69 Å². The normalized spacial score (nSPS) is 14.1. The number of non-ortho nitro benzene ring substituents is 1. The summed E-state index contributed by atoms with van der Waals surface area (Å²) in [7, 11) is 0. The fourth-order valence-corrected chi connectivity index (χ4v) is 3.78. The number of rotatable bonds is 5. The molecule has 1 fully saturated rings. The Labute approximate surface area is 168 Å². The zero-order valence-electron chi connectivity index (χ0n) is 16.1. The van der Waals surface area contributed by atoms with E-state index in [1.807, 2.05) is 41.9 Å². The van der Waals surface area contributed by atoms with Crippen molar-refractivity contribution in [3.63, 3.8) is 0 Å². The second-order valence-electron chi connectivity index (χ2n) is 6.93. The Kier molecular flexibility index (Phi) is 4.99. The minimum Gasteiger partial charge on any atom is -0.368 e. The predicted octanol–water partition coefficient (Wildman–Crippen LogP) is 3.23. The highest BCUT2D eigenvalue weighted by Gasteiger charge is 2.25. The van der Waals surface area contributed by atoms with Crippen LogP contribution in [0.15, 0.2) is 54.6 Å². The molecule has 0 unspecified atom stereocenters. The molecule has 1 aliphatic rings. The predicted molar refractivity (Wildman–Crippen MR) is 111 cm³/mol. The molecule has 0 amide bonds. The van der Waals surface area contributed by atoms with Gasteiger partial charge < -0.3 is 9.80 Å². The summed E-state index contributed by atoms with van der Waals surface area (Å²) in [5, 5.41) is 15.3. The molecule has 0 N–H and O–H groups in total. The van der Waals surface area contributed by atoms with E-state index in [4.69, 9.17) is 0 Å². The third kappa shape index (κ3) is 3.56. The molecule has 0 atom stereocenters. The number of nitrogens with zero attached hydrogens (tertiary/aromatic N) is 5. The van der Waals surface area contributed by atoms with E-state index in [2.05, 4.69) is 14.9 Å². The lowest BCUT2D eigenvalue weighted by molar-refractivity contribution is -0.384. The standard InChI is InChI=1S/C21H21N5O3/c1-16-21(20(15-27)22-25(16)18-5-3-2-4-6-18)24-13-11-23(12-14-24)17-7-9-19(10-8-17)26(28)29/h2-10,15H,11-14H2,1H3. The summed E-state index contributed by atoms with van der Waals surface area (Å²) in [6, 6.07) is 16.4. The van der Waals surface area contributed by atoms with Crippen LogP contribution in [0.25, 0.3) is 5.69 Å². The highest BCUT2D eigenvalue weighted by Crippen LogP contribution is 2.28. The molecule has 148 valence electrons. The molecule has 2 aromatic carbocycles. The molecule has 0 aliphatic carbocycles. The van der Waals surface area contributed by atoms with Gasteiger partial charge in [0.05, 0.1) is 22.0 Å². The second kappa shape index (κ2) is 7.75. The van der Waals surface area contributed by atoms with Gasteiger partial charge in [-0.25, -0.2) is 4.68 Å². The topological polar surface area (TPSA) is 84.5 Å². The van der Waals surface area contributed by atoms with Crippen LogP contribution in [0.4, 0.5) is 17.1 Å². The van der Waals surface area contributed by atoms with E-state index in [0.29, 0.717) is 5.69 Å². The highest BCUT2D eigenvalue weighted by molar-refractivity contribution is 5.83. The first-order valence-electron chi connectivity index (χ1n) is 9.43. The van der Waals surface area contributed by atoms with E-state index in [-0.39, 0.29) is 5.69 Å². The Morgan fingerprint density at radius 2 is 1.55 bits per heavy atom. The summed E-state index contributed by atoms with van der Waals surface area (Å²) >= 11 is 0. The van der Waals surface area contributed by atoms with E-state index in [1.165, 1.54) is 12.1 Å². The first-order valence-corrected chi connectivity index (χ1v) is 9.43. The van der Waals surface area contributed by atoms with Crippen LogP contribution >= 0.6 is 0 Å². The third-order valence-corrected chi connectivity index (χ3v) is 5.24. The van der Waals surface area contributed by atoms with Crippen LogP contribution in [0.2, 0.25) is 0 Å². The molecule has 0 bridgehead atoms. The number of hydrogen-bond donors (Lipinski definition) is 0. The SMILES string of the molecule is Cc1c(N2CCN(c3ccc([N+](=O)[O-])cc3)CC2)c(C=O)nn1-c1ccccc1. The maximum atomic E-state index is 11.7. The fraction of sp³-hybridized carbons (Fsp3) is 0.238. The lowest BCUT2D eigenvalue weighted by atomic mass is 10.2. The summed E-state index contributed by atoms with van der Waals surface area (Å²) in [6.07, 6.45) is 0.810. The van der Waals surface area contributed by atoms with Crippen molar-refractivity contribution in [2.45, 2.75) is 6.92 Å². The first-order chi connectivity index (χ1) is 14.1. The van der Waals surface area contributed by atoms with Crippen LogP contribution in [0.1, 0.15) is 16.2 Å². The maximum Gasteiger partial charge on any atom is 0.269 e. The molecule has 8 nitrogen and oxygen atoms in total. The molecule has 0 saturated carbocycles. The van der Waals surface area contributed by atoms with E-state index in [1.54, 1.807) is 12.1 Å². The number of anilines is 2. The van der Waals surface area contributed by atoms with Gasteiger partial charge in [-0.3, -0.25) is 14.9 Å². The molecule has 29 heavy (non-hydrogen) atoms. The molecular weight excluding hydrogens is 370 g/mol. The third-order valence-electron chi connectivity index (χ3n) is 5.24. The van der Waals surface area contributed by atoms with E-state index >= 15 is 0 Å². The van der Waals surface area contributed by atoms with Gasteiger partial charge in [0.1, 0.15) is 5.69 Å². The largest absolute Gasteiger partial charge is 0.368 e. The first kappa shape index (κ1) is 18.7. The maximum absolute atomic E-state index is 11.7. The van der Waals surface area contributed by atoms with Crippen molar-refractivity contribution in [1.29, 1.82) is 0 Å². The van der Waals surface area contributed by atoms with Crippen molar-refractivity contribution in [1.82, 2.24) is 9.78 Å². The van der Waals surface area contributed by atoms with Crippen molar-refractivity contribution in [3.8, 4) is 5.69 Å². The van der Waals surface area contributed by atoms with Gasteiger partial charge in [-0.05, 0) is 31.2 Å². The van der Waals surface area contributed by atoms with Crippen molar-refractivity contribution in [2.75, 3.05) is 36.0 Å². The number of para-hydroxylation sites is 1. The summed E-state index contributed by atoms with van der Waals surface area (Å²) in [6.45, 7) is 4.96. The molecule has 8 heteroatoms. The number of aldehydes is 1. The summed E-state index contributed by atoms with van der Waals surface area (Å²) in [4.78, 5) is 26.5. The van der Waals surface area contributed by atoms with Crippen molar-refractivity contribution < 1.29 is 9.72 Å². The van der Waals surface area contributed by atoms with Gasteiger partial charge in [0.15, 0.2) is 6.29 Å². The van der Waals surface area contributed by atoms with E-state index < -0.39 is 4.92 Å². The van der Waals surface area contributed by atoms with Gasteiger partial charge in [-0.15, -0.1) is 0 Å². The number of aromatic nitrogens is 2. The van der Waals surface area contributed by atoms with Gasteiger partial charge in [0, 0.05) is 44.0 Å². The summed E-state index contributed by atoms with van der Waals surface area (Å²) in [5.41, 5.74) is 4.21. The second-order valence-corrected chi connectivity index (χ2v) is 6.93. The minimum atomic E-state index is -0.393. The van der Waals surface area contributed by atoms with Crippen LogP contribution in [0, 0.1) is 17.0 Å². The molecule has 1 aliphatic heterocycles. The van der Waals surface area contributed by atoms with Crippen LogP contribution < -0.4 is 9.80 Å². The monoisotopic (exact) mass is 391 g/mol. The Hall–Kier alpha value is -3.68. The molecule has 3 aromatic rings. The molecule has 0 radical (unpaired) electrons. The van der Waals surface area contributed by atoms with Gasteiger partial charge in [-0.1, -0.05) is 18.2 Å². The zero-order valence-corrected chi connectivity index (χ0v) is 16.1. The quantitative estimate of drug-likeness (QED) is 0.377. The van der Waals surface area contributed by atoms with Crippen LogP contribution in [0.5, 0.6) is 0 Å². The fourth-order valence-electron chi connectivity index (χ4n) is 3.78. The Morgan fingerprint density at radius 1 is 0.931 bits per heavy atom. The average Bonchev–Trinajstić information content (AvgIpc) is 3.11. The zero-order chi connectivity index (χ0) is 20.4. The molecule has 1 aromatic heterocycles. The van der Waals surface area contributed by atoms with Gasteiger partial charge in [-0.2, -0.15) is 5.10 Å². The number of carbonyl (C=O) groups excluding carboxylic acids is 1. The van der Waals surface area contributed by atoms with Crippen LogP contribution in [-0.2, 0) is 0 Å². The molecule has 4 rings (SSSR count). The summed E-state index contributed by atoms with van der Waals surface area (Å²) < 4.78 is 1.81. The Balaban J connectivity index is 1.53. The number of hydrogen-bond acceptors (Lipinski definition) is 6. The Morgan fingerprint density at radius 3 is 2.14 bits per heavy atom. The molecular formula is C21H21N5O3. The van der Waals surface area contributed by atoms with Crippen LogP contribution in [0.3, 0.4) is 0 Å². The lowest BCUT2D eigenvalue weighted by Gasteiger charge is -2.37. The van der Waals surface area contributed by atoms with Gasteiger partial charge in [0.2, 0.25) is 0 Å². The number of carbonyl (C=O) groups is 1. The van der Waals surface area contributed by atoms with Gasteiger partial charge >= 0.3 is 0 Å². The van der Waals surface area contributed by atoms with E-state index in [0.717, 1.165) is 55.2 Å². The van der Waals surface area contributed by atoms with Crippen LogP contribution in [-0.4, -0.2) is 47.2 Å². The smallest absolute Gasteiger partial charge is 0.269 e. The van der Waals surface area contributed by atoms with E-state index in [9.17, 15) is 14.9 Å². The number of piperazine rings is 1. The summed E-state index contributed by atoms with van der Waals surface area (Å²) in [5.74, 6) is 0. The minimum absolute atomic E-state index is 0.0898. The molecule has 0 spiro atoms. The molecule has 2 heterocycles. The van der Waals surface area contributed by atoms with Crippen molar-refractivity contribution >= 4 is 23.3 Å². The Bertz CT molecular complexity index is 1020. The lowest BCUT2D eigenvalue weighted by Crippen LogP contribution is -2.47. The van der Waals surface area contributed by atoms with Crippen molar-refractivity contribution in [2.24, 2.45) is 0 Å². The number of nitro groups is 1. The highest BCUT2D eigenvalue weighted by atomic mass is 16.6. The van der Waals surface area contributed by atoms with Crippen molar-refractivity contribution in [3.05, 3.63) is 76.1 Å². The number of nitro benzene ring substituents is 1. The number of benzene rings is 2. The molecule has 1 saturated heterocycles. The average molecular weight is 391 g/mol.